The predicted octanol–water partition coefficient (Wildman–Crippen LogP) is 1.22. The summed E-state index contributed by atoms with van der Waals surface area (Å²) < 4.78 is 0. The number of likely N-dealkylation sites (tertiary alicyclic amines) is 1. The number of rotatable bonds is 2. The van der Waals surface area contributed by atoms with Crippen LogP contribution in [0.4, 0.5) is 4.79 Å². The molecule has 0 aromatic rings. The lowest BCUT2D eigenvalue weighted by atomic mass is 10.2. The molecule has 1 heterocycles. The second-order valence-electron chi connectivity index (χ2n) is 3.31. The van der Waals surface area contributed by atoms with Gasteiger partial charge in [0.15, 0.2) is 0 Å². The van der Waals surface area contributed by atoms with Crippen LogP contribution in [0.3, 0.4) is 0 Å². The first-order valence-electron chi connectivity index (χ1n) is 4.37. The molecule has 1 aliphatic rings. The van der Waals surface area contributed by atoms with Gasteiger partial charge in [-0.15, -0.1) is 6.58 Å². The number of carbonyl (C=O) groups is 1. The van der Waals surface area contributed by atoms with Crippen LogP contribution in [0.1, 0.15) is 13.3 Å². The average molecular weight is 168 g/mol. The number of amides is 2. The zero-order valence-electron chi connectivity index (χ0n) is 7.55. The summed E-state index contributed by atoms with van der Waals surface area (Å²) in [5, 5.41) is 2.76. The van der Waals surface area contributed by atoms with Crippen LogP contribution in [0.5, 0.6) is 0 Å². The summed E-state index contributed by atoms with van der Waals surface area (Å²) in [6.45, 7) is 8.05. The van der Waals surface area contributed by atoms with E-state index in [1.165, 1.54) is 0 Å². The van der Waals surface area contributed by atoms with Gasteiger partial charge >= 0.3 is 6.03 Å². The molecule has 0 bridgehead atoms. The first-order valence-corrected chi connectivity index (χ1v) is 4.37. The Kier molecular flexibility index (Phi) is 3.14. The number of hydrogen-bond acceptors (Lipinski definition) is 1. The SMILES string of the molecule is C=CCNC(=O)N1CCC(C)C1. The van der Waals surface area contributed by atoms with Gasteiger partial charge in [0.2, 0.25) is 0 Å². The van der Waals surface area contributed by atoms with E-state index in [-0.39, 0.29) is 6.03 Å². The maximum atomic E-state index is 11.3. The van der Waals surface area contributed by atoms with Crippen molar-refractivity contribution in [3.8, 4) is 0 Å². The van der Waals surface area contributed by atoms with Gasteiger partial charge in [-0.1, -0.05) is 13.0 Å². The molecule has 1 fully saturated rings. The highest BCUT2D eigenvalue weighted by Crippen LogP contribution is 2.14. The molecule has 2 amide bonds. The molecule has 3 nitrogen and oxygen atoms in total. The molecule has 0 aromatic carbocycles. The van der Waals surface area contributed by atoms with E-state index in [2.05, 4.69) is 18.8 Å². The third kappa shape index (κ3) is 2.26. The van der Waals surface area contributed by atoms with E-state index in [4.69, 9.17) is 0 Å². The number of nitrogens with zero attached hydrogens (tertiary/aromatic N) is 1. The van der Waals surface area contributed by atoms with Gasteiger partial charge in [0, 0.05) is 19.6 Å². The van der Waals surface area contributed by atoms with E-state index >= 15 is 0 Å². The third-order valence-corrected chi connectivity index (χ3v) is 2.11. The molecule has 1 N–H and O–H groups in total. The molecule has 0 radical (unpaired) electrons. The topological polar surface area (TPSA) is 32.3 Å². The molecule has 1 atom stereocenters. The number of carbonyl (C=O) groups excluding carboxylic acids is 1. The molecule has 0 saturated carbocycles. The molecule has 1 unspecified atom stereocenters. The van der Waals surface area contributed by atoms with Crippen molar-refractivity contribution in [3.05, 3.63) is 12.7 Å². The first kappa shape index (κ1) is 9.10. The molecule has 12 heavy (non-hydrogen) atoms. The Morgan fingerprint density at radius 3 is 3.08 bits per heavy atom. The Bertz CT molecular complexity index is 179. The van der Waals surface area contributed by atoms with Gasteiger partial charge in [-0.25, -0.2) is 4.79 Å². The summed E-state index contributed by atoms with van der Waals surface area (Å²) in [4.78, 5) is 13.2. The second kappa shape index (κ2) is 4.14. The third-order valence-electron chi connectivity index (χ3n) is 2.11. The Labute approximate surface area is 73.4 Å². The maximum Gasteiger partial charge on any atom is 0.317 e. The van der Waals surface area contributed by atoms with Gasteiger partial charge < -0.3 is 10.2 Å². The molecule has 1 saturated heterocycles. The zero-order chi connectivity index (χ0) is 8.97. The summed E-state index contributed by atoms with van der Waals surface area (Å²) in [5.41, 5.74) is 0. The van der Waals surface area contributed by atoms with E-state index in [1.54, 1.807) is 6.08 Å². The van der Waals surface area contributed by atoms with Crippen LogP contribution < -0.4 is 5.32 Å². The summed E-state index contributed by atoms with van der Waals surface area (Å²) in [7, 11) is 0. The van der Waals surface area contributed by atoms with Gasteiger partial charge in [-0.2, -0.15) is 0 Å². The molecular formula is C9H16N2O. The van der Waals surface area contributed by atoms with Crippen molar-refractivity contribution in [2.24, 2.45) is 5.92 Å². The number of nitrogens with one attached hydrogen (secondary N) is 1. The number of urea groups is 1. The smallest absolute Gasteiger partial charge is 0.317 e. The molecule has 68 valence electrons. The van der Waals surface area contributed by atoms with Crippen molar-refractivity contribution < 1.29 is 4.79 Å². The lowest BCUT2D eigenvalue weighted by Gasteiger charge is -2.15. The molecule has 0 spiro atoms. The van der Waals surface area contributed by atoms with Gasteiger partial charge in [0.05, 0.1) is 0 Å². The highest BCUT2D eigenvalue weighted by Gasteiger charge is 2.22. The monoisotopic (exact) mass is 168 g/mol. The van der Waals surface area contributed by atoms with Crippen LogP contribution in [0.15, 0.2) is 12.7 Å². The van der Waals surface area contributed by atoms with Gasteiger partial charge in [0.25, 0.3) is 0 Å². The molecule has 1 aliphatic heterocycles. The predicted molar refractivity (Wildman–Crippen MR) is 48.9 cm³/mol. The van der Waals surface area contributed by atoms with Crippen molar-refractivity contribution in [2.45, 2.75) is 13.3 Å². The molecule has 0 aromatic heterocycles. The Balaban J connectivity index is 2.28. The fraction of sp³-hybridized carbons (Fsp3) is 0.667. The first-order chi connectivity index (χ1) is 5.74. The van der Waals surface area contributed by atoms with E-state index in [9.17, 15) is 4.79 Å². The van der Waals surface area contributed by atoms with E-state index < -0.39 is 0 Å². The fourth-order valence-corrected chi connectivity index (χ4v) is 1.39. The molecule has 0 aliphatic carbocycles. The van der Waals surface area contributed by atoms with Crippen molar-refractivity contribution >= 4 is 6.03 Å². The van der Waals surface area contributed by atoms with Crippen molar-refractivity contribution in [3.63, 3.8) is 0 Å². The summed E-state index contributed by atoms with van der Waals surface area (Å²) >= 11 is 0. The normalized spacial score (nSPS) is 22.4. The highest BCUT2D eigenvalue weighted by atomic mass is 16.2. The zero-order valence-corrected chi connectivity index (χ0v) is 7.55. The molecule has 1 rings (SSSR count). The van der Waals surface area contributed by atoms with Crippen LogP contribution in [-0.4, -0.2) is 30.6 Å². The Morgan fingerprint density at radius 1 is 1.83 bits per heavy atom. The van der Waals surface area contributed by atoms with Gasteiger partial charge in [-0.05, 0) is 12.3 Å². The second-order valence-corrected chi connectivity index (χ2v) is 3.31. The van der Waals surface area contributed by atoms with E-state index in [0.717, 1.165) is 19.5 Å². The summed E-state index contributed by atoms with van der Waals surface area (Å²) in [5.74, 6) is 0.652. The highest BCUT2D eigenvalue weighted by molar-refractivity contribution is 5.74. The van der Waals surface area contributed by atoms with Crippen LogP contribution in [0, 0.1) is 5.92 Å². The van der Waals surface area contributed by atoms with Crippen LogP contribution in [-0.2, 0) is 0 Å². The van der Waals surface area contributed by atoms with Crippen LogP contribution >= 0.6 is 0 Å². The number of hydrogen-bond donors (Lipinski definition) is 1. The quantitative estimate of drug-likeness (QED) is 0.618. The van der Waals surface area contributed by atoms with Gasteiger partial charge in [-0.3, -0.25) is 0 Å². The Morgan fingerprint density at radius 2 is 2.58 bits per heavy atom. The van der Waals surface area contributed by atoms with Crippen molar-refractivity contribution in [1.29, 1.82) is 0 Å². The standard InChI is InChI=1S/C9H16N2O/c1-3-5-10-9(12)11-6-4-8(2)7-11/h3,8H,1,4-7H2,2H3,(H,10,12). The van der Waals surface area contributed by atoms with E-state index in [1.807, 2.05) is 4.90 Å². The van der Waals surface area contributed by atoms with Crippen molar-refractivity contribution in [2.75, 3.05) is 19.6 Å². The molecule has 3 heteroatoms. The molecular weight excluding hydrogens is 152 g/mol. The van der Waals surface area contributed by atoms with Crippen LogP contribution in [0.25, 0.3) is 0 Å². The summed E-state index contributed by atoms with van der Waals surface area (Å²) in [6.07, 6.45) is 2.82. The minimum absolute atomic E-state index is 0.0410. The Hall–Kier alpha value is -0.990. The van der Waals surface area contributed by atoms with E-state index in [0.29, 0.717) is 12.5 Å². The summed E-state index contributed by atoms with van der Waals surface area (Å²) in [6, 6.07) is 0.0410. The maximum absolute atomic E-state index is 11.3. The minimum Gasteiger partial charge on any atom is -0.335 e. The largest absolute Gasteiger partial charge is 0.335 e. The van der Waals surface area contributed by atoms with Crippen molar-refractivity contribution in [1.82, 2.24) is 10.2 Å². The lowest BCUT2D eigenvalue weighted by molar-refractivity contribution is 0.208. The lowest BCUT2D eigenvalue weighted by Crippen LogP contribution is -2.38. The fourth-order valence-electron chi connectivity index (χ4n) is 1.39. The minimum atomic E-state index is 0.0410. The average Bonchev–Trinajstić information content (AvgIpc) is 2.47. The van der Waals surface area contributed by atoms with Crippen LogP contribution in [0.2, 0.25) is 0 Å². The van der Waals surface area contributed by atoms with Gasteiger partial charge in [0.1, 0.15) is 0 Å².